The highest BCUT2D eigenvalue weighted by Gasteiger charge is 2.52. The number of aromatic nitrogens is 1. The second-order valence-corrected chi connectivity index (χ2v) is 8.96. The molecule has 0 radical (unpaired) electrons. The molecule has 1 aromatic carbocycles. The Morgan fingerprint density at radius 2 is 1.96 bits per heavy atom. The Labute approximate surface area is 153 Å². The summed E-state index contributed by atoms with van der Waals surface area (Å²) in [6, 6.07) is 12.5. The van der Waals surface area contributed by atoms with Crippen LogP contribution in [-0.2, 0) is 14.8 Å². The van der Waals surface area contributed by atoms with Gasteiger partial charge in [0.1, 0.15) is 6.10 Å². The Kier molecular flexibility index (Phi) is 4.46. The van der Waals surface area contributed by atoms with E-state index < -0.39 is 15.6 Å². The van der Waals surface area contributed by atoms with Crippen molar-refractivity contribution < 1.29 is 17.9 Å². The van der Waals surface area contributed by atoms with E-state index in [1.54, 1.807) is 18.3 Å². The maximum Gasteiger partial charge on any atom is 0.243 e. The summed E-state index contributed by atoms with van der Waals surface area (Å²) in [6.07, 6.45) is 3.14. The van der Waals surface area contributed by atoms with Gasteiger partial charge in [0.25, 0.3) is 0 Å². The van der Waals surface area contributed by atoms with E-state index in [-0.39, 0.29) is 6.10 Å². The molecule has 0 saturated carbocycles. The van der Waals surface area contributed by atoms with Gasteiger partial charge in [-0.2, -0.15) is 4.31 Å². The number of aryl methyl sites for hydroxylation is 1. The molecule has 0 N–H and O–H groups in total. The summed E-state index contributed by atoms with van der Waals surface area (Å²) < 4.78 is 38.9. The molecule has 0 bridgehead atoms. The SMILES string of the molecule is Cc1ccc(S(=O)(=O)N2CC3(CC(Oc4ccccn4)CCO3)C2)cc1. The van der Waals surface area contributed by atoms with E-state index in [4.69, 9.17) is 9.47 Å². The third-order valence-electron chi connectivity index (χ3n) is 4.96. The number of pyridine rings is 1. The number of nitrogens with zero attached hydrogens (tertiary/aromatic N) is 2. The summed E-state index contributed by atoms with van der Waals surface area (Å²) in [5.74, 6) is 0.595. The Morgan fingerprint density at radius 3 is 2.65 bits per heavy atom. The molecule has 0 aliphatic carbocycles. The van der Waals surface area contributed by atoms with Crippen LogP contribution in [0.2, 0.25) is 0 Å². The lowest BCUT2D eigenvalue weighted by molar-refractivity contribution is -0.165. The van der Waals surface area contributed by atoms with Gasteiger partial charge in [-0.1, -0.05) is 23.8 Å². The zero-order valence-corrected chi connectivity index (χ0v) is 15.5. The van der Waals surface area contributed by atoms with E-state index in [1.807, 2.05) is 37.3 Å². The van der Waals surface area contributed by atoms with Gasteiger partial charge in [-0.05, 0) is 25.1 Å². The van der Waals surface area contributed by atoms with E-state index in [1.165, 1.54) is 4.31 Å². The summed E-state index contributed by atoms with van der Waals surface area (Å²) in [6.45, 7) is 3.24. The van der Waals surface area contributed by atoms with Gasteiger partial charge in [-0.3, -0.25) is 0 Å². The van der Waals surface area contributed by atoms with Crippen molar-refractivity contribution in [3.63, 3.8) is 0 Å². The minimum atomic E-state index is -3.47. The second-order valence-electron chi connectivity index (χ2n) is 7.02. The molecule has 2 aromatic rings. The fraction of sp³-hybridized carbons (Fsp3) is 0.421. The summed E-state index contributed by atoms with van der Waals surface area (Å²) in [5, 5.41) is 0. The Bertz CT molecular complexity index is 862. The van der Waals surface area contributed by atoms with Crippen molar-refractivity contribution in [1.82, 2.24) is 9.29 Å². The molecule has 3 heterocycles. The van der Waals surface area contributed by atoms with Crippen molar-refractivity contribution in [1.29, 1.82) is 0 Å². The molecule has 6 nitrogen and oxygen atoms in total. The Morgan fingerprint density at radius 1 is 1.19 bits per heavy atom. The summed E-state index contributed by atoms with van der Waals surface area (Å²) in [4.78, 5) is 4.52. The number of hydrogen-bond donors (Lipinski definition) is 0. The van der Waals surface area contributed by atoms with E-state index >= 15 is 0 Å². The van der Waals surface area contributed by atoms with Gasteiger partial charge >= 0.3 is 0 Å². The van der Waals surface area contributed by atoms with Gasteiger partial charge in [0, 0.05) is 38.2 Å². The molecule has 2 fully saturated rings. The molecule has 4 rings (SSSR count). The monoisotopic (exact) mass is 374 g/mol. The van der Waals surface area contributed by atoms with E-state index in [0.717, 1.165) is 12.0 Å². The Balaban J connectivity index is 1.41. The largest absolute Gasteiger partial charge is 0.474 e. The van der Waals surface area contributed by atoms with Crippen molar-refractivity contribution in [3.05, 3.63) is 54.2 Å². The predicted molar refractivity (Wildman–Crippen MR) is 96.5 cm³/mol. The molecular formula is C19H22N2O4S. The van der Waals surface area contributed by atoms with Gasteiger partial charge in [-0.25, -0.2) is 13.4 Å². The van der Waals surface area contributed by atoms with Crippen LogP contribution in [0.1, 0.15) is 18.4 Å². The van der Waals surface area contributed by atoms with Crippen LogP contribution >= 0.6 is 0 Å². The van der Waals surface area contributed by atoms with Crippen LogP contribution in [0.4, 0.5) is 0 Å². The van der Waals surface area contributed by atoms with Crippen LogP contribution in [0.25, 0.3) is 0 Å². The smallest absolute Gasteiger partial charge is 0.243 e. The topological polar surface area (TPSA) is 68.7 Å². The molecule has 1 unspecified atom stereocenters. The van der Waals surface area contributed by atoms with Crippen LogP contribution in [0.3, 0.4) is 0 Å². The minimum Gasteiger partial charge on any atom is -0.474 e. The van der Waals surface area contributed by atoms with E-state index in [0.29, 0.717) is 36.9 Å². The zero-order chi connectivity index (χ0) is 18.2. The molecular weight excluding hydrogens is 352 g/mol. The van der Waals surface area contributed by atoms with Crippen LogP contribution in [0, 0.1) is 6.92 Å². The zero-order valence-electron chi connectivity index (χ0n) is 14.7. The first-order valence-corrected chi connectivity index (χ1v) is 10.2. The first kappa shape index (κ1) is 17.5. The molecule has 1 aromatic heterocycles. The van der Waals surface area contributed by atoms with Crippen LogP contribution in [0.15, 0.2) is 53.6 Å². The number of hydrogen-bond acceptors (Lipinski definition) is 5. The molecule has 1 atom stereocenters. The normalized spacial score (nSPS) is 22.7. The minimum absolute atomic E-state index is 0.0112. The maximum absolute atomic E-state index is 12.8. The maximum atomic E-state index is 12.8. The third kappa shape index (κ3) is 3.34. The summed E-state index contributed by atoms with van der Waals surface area (Å²) in [7, 11) is -3.47. The number of benzene rings is 1. The number of rotatable bonds is 4. The fourth-order valence-corrected chi connectivity index (χ4v) is 5.11. The first-order valence-electron chi connectivity index (χ1n) is 8.75. The third-order valence-corrected chi connectivity index (χ3v) is 6.77. The lowest BCUT2D eigenvalue weighted by Crippen LogP contribution is -2.67. The second kappa shape index (κ2) is 6.64. The van der Waals surface area contributed by atoms with Gasteiger partial charge in [0.15, 0.2) is 0 Å². The molecule has 7 heteroatoms. The fourth-order valence-electron chi connectivity index (χ4n) is 3.52. The van der Waals surface area contributed by atoms with Crippen molar-refractivity contribution in [2.75, 3.05) is 19.7 Å². The summed E-state index contributed by atoms with van der Waals surface area (Å²) in [5.41, 5.74) is 0.587. The highest BCUT2D eigenvalue weighted by atomic mass is 32.2. The van der Waals surface area contributed by atoms with Crippen molar-refractivity contribution in [2.24, 2.45) is 0 Å². The van der Waals surface area contributed by atoms with Gasteiger partial charge in [0.05, 0.1) is 17.1 Å². The van der Waals surface area contributed by atoms with E-state index in [9.17, 15) is 8.42 Å². The molecule has 1 spiro atoms. The van der Waals surface area contributed by atoms with Crippen molar-refractivity contribution in [2.45, 2.75) is 36.4 Å². The summed E-state index contributed by atoms with van der Waals surface area (Å²) >= 11 is 0. The van der Waals surface area contributed by atoms with Gasteiger partial charge < -0.3 is 9.47 Å². The Hall–Kier alpha value is -1.96. The lowest BCUT2D eigenvalue weighted by atomic mass is 9.86. The molecule has 2 saturated heterocycles. The van der Waals surface area contributed by atoms with Crippen molar-refractivity contribution >= 4 is 10.0 Å². The number of ether oxygens (including phenoxy) is 2. The molecule has 26 heavy (non-hydrogen) atoms. The quantitative estimate of drug-likeness (QED) is 0.822. The van der Waals surface area contributed by atoms with Crippen LogP contribution in [-0.4, -0.2) is 49.1 Å². The average molecular weight is 374 g/mol. The predicted octanol–water partition coefficient (Wildman–Crippen LogP) is 2.39. The lowest BCUT2D eigenvalue weighted by Gasteiger charge is -2.51. The molecule has 2 aliphatic heterocycles. The first-order chi connectivity index (χ1) is 12.5. The molecule has 0 amide bonds. The standard InChI is InChI=1S/C19H22N2O4S/c1-15-5-7-17(8-6-15)26(22,23)21-13-19(14-21)12-16(9-11-24-19)25-18-4-2-3-10-20-18/h2-8,10,16H,9,11-14H2,1H3. The number of sulfonamides is 1. The van der Waals surface area contributed by atoms with Crippen molar-refractivity contribution in [3.8, 4) is 5.88 Å². The molecule has 2 aliphatic rings. The van der Waals surface area contributed by atoms with Crippen LogP contribution in [0.5, 0.6) is 5.88 Å². The average Bonchev–Trinajstić information content (AvgIpc) is 2.61. The van der Waals surface area contributed by atoms with Crippen LogP contribution < -0.4 is 4.74 Å². The molecule has 138 valence electrons. The van der Waals surface area contributed by atoms with Gasteiger partial charge in [0.2, 0.25) is 15.9 Å². The van der Waals surface area contributed by atoms with Gasteiger partial charge in [-0.15, -0.1) is 0 Å². The highest BCUT2D eigenvalue weighted by molar-refractivity contribution is 7.89. The van der Waals surface area contributed by atoms with E-state index in [2.05, 4.69) is 4.98 Å². The highest BCUT2D eigenvalue weighted by Crippen LogP contribution is 2.38.